The number of methoxy groups -OCH3 is 1. The number of nitrogens with one attached hydrogen (secondary N) is 2. The quantitative estimate of drug-likeness (QED) is 0.526. The van der Waals surface area contributed by atoms with Crippen molar-refractivity contribution in [3.8, 4) is 11.5 Å². The molecule has 0 bridgehead atoms. The van der Waals surface area contributed by atoms with Gasteiger partial charge in [0.2, 0.25) is 5.91 Å². The van der Waals surface area contributed by atoms with Crippen LogP contribution in [0.4, 0.5) is 0 Å². The van der Waals surface area contributed by atoms with Gasteiger partial charge in [-0.2, -0.15) is 0 Å². The molecule has 0 aromatic heterocycles. The van der Waals surface area contributed by atoms with Crippen molar-refractivity contribution in [3.05, 3.63) is 24.3 Å². The van der Waals surface area contributed by atoms with Gasteiger partial charge < -0.3 is 25.0 Å². The zero-order valence-electron chi connectivity index (χ0n) is 17.7. The predicted molar refractivity (Wildman–Crippen MR) is 112 cm³/mol. The maximum absolute atomic E-state index is 12.7. The van der Waals surface area contributed by atoms with E-state index < -0.39 is 0 Å². The Morgan fingerprint density at radius 1 is 1.21 bits per heavy atom. The summed E-state index contributed by atoms with van der Waals surface area (Å²) in [6.45, 7) is 3.15. The van der Waals surface area contributed by atoms with Crippen LogP contribution >= 0.6 is 0 Å². The summed E-state index contributed by atoms with van der Waals surface area (Å²) in [6, 6.07) is 7.59. The number of nitrogens with zero attached hydrogens (tertiary/aromatic N) is 2. The molecule has 1 saturated carbocycles. The molecule has 0 heterocycles. The molecule has 0 saturated heterocycles. The second-order valence-corrected chi connectivity index (χ2v) is 7.57. The number of hydrogen-bond donors (Lipinski definition) is 2. The molecule has 0 aliphatic heterocycles. The van der Waals surface area contributed by atoms with Gasteiger partial charge in [0, 0.05) is 27.7 Å². The molecule has 1 fully saturated rings. The van der Waals surface area contributed by atoms with Crippen LogP contribution < -0.4 is 20.1 Å². The Labute approximate surface area is 168 Å². The van der Waals surface area contributed by atoms with Gasteiger partial charge in [-0.05, 0) is 31.9 Å². The van der Waals surface area contributed by atoms with Crippen molar-refractivity contribution in [1.82, 2.24) is 15.5 Å². The average molecular weight is 391 g/mol. The Hall–Kier alpha value is -2.44. The number of guanidine groups is 1. The highest BCUT2D eigenvalue weighted by Crippen LogP contribution is 2.38. The Balaban J connectivity index is 1.87. The standard InChI is InChI=1S/C21H34N4O3/c1-16(28-18-11-7-6-10-17(18)27-5)14-23-20(22-2)24-15-21(12-8-9-13-21)19(26)25(3)4/h6-7,10-11,16H,8-9,12-15H2,1-5H3,(H2,22,23,24). The molecule has 2 N–H and O–H groups in total. The van der Waals surface area contributed by atoms with Crippen molar-refractivity contribution in [2.24, 2.45) is 10.4 Å². The summed E-state index contributed by atoms with van der Waals surface area (Å²) in [6.07, 6.45) is 3.94. The Morgan fingerprint density at radius 2 is 1.86 bits per heavy atom. The third-order valence-electron chi connectivity index (χ3n) is 5.19. The van der Waals surface area contributed by atoms with Crippen molar-refractivity contribution < 1.29 is 14.3 Å². The average Bonchev–Trinajstić information content (AvgIpc) is 3.18. The van der Waals surface area contributed by atoms with Crippen LogP contribution in [-0.4, -0.2) is 64.2 Å². The zero-order chi connectivity index (χ0) is 20.6. The lowest BCUT2D eigenvalue weighted by molar-refractivity contribution is -0.138. The van der Waals surface area contributed by atoms with E-state index in [0.29, 0.717) is 30.5 Å². The Bertz CT molecular complexity index is 669. The van der Waals surface area contributed by atoms with Crippen LogP contribution in [0.2, 0.25) is 0 Å². The summed E-state index contributed by atoms with van der Waals surface area (Å²) in [4.78, 5) is 18.7. The summed E-state index contributed by atoms with van der Waals surface area (Å²) in [5.74, 6) is 2.29. The minimum Gasteiger partial charge on any atom is -0.493 e. The first-order chi connectivity index (χ1) is 13.4. The van der Waals surface area contributed by atoms with E-state index in [9.17, 15) is 4.79 Å². The summed E-state index contributed by atoms with van der Waals surface area (Å²) in [7, 11) is 7.01. The number of para-hydroxylation sites is 2. The number of ether oxygens (including phenoxy) is 2. The molecule has 0 spiro atoms. The number of benzene rings is 1. The number of hydrogen-bond acceptors (Lipinski definition) is 4. The molecule has 1 aromatic carbocycles. The molecule has 1 aliphatic carbocycles. The van der Waals surface area contributed by atoms with Crippen LogP contribution in [-0.2, 0) is 4.79 Å². The number of carbonyl (C=O) groups is 1. The van der Waals surface area contributed by atoms with Crippen LogP contribution in [0.25, 0.3) is 0 Å². The highest BCUT2D eigenvalue weighted by Gasteiger charge is 2.42. The van der Waals surface area contributed by atoms with E-state index in [0.717, 1.165) is 25.7 Å². The first-order valence-electron chi connectivity index (χ1n) is 9.88. The first kappa shape index (κ1) is 21.9. The van der Waals surface area contributed by atoms with Gasteiger partial charge in [0.05, 0.1) is 19.1 Å². The molecular formula is C21H34N4O3. The second-order valence-electron chi connectivity index (χ2n) is 7.57. The number of carbonyl (C=O) groups excluding carboxylic acids is 1. The van der Waals surface area contributed by atoms with Crippen LogP contribution in [0.15, 0.2) is 29.3 Å². The van der Waals surface area contributed by atoms with Gasteiger partial charge in [-0.3, -0.25) is 9.79 Å². The minimum absolute atomic E-state index is 0.0845. The van der Waals surface area contributed by atoms with E-state index in [2.05, 4.69) is 15.6 Å². The van der Waals surface area contributed by atoms with E-state index in [1.54, 1.807) is 19.1 Å². The lowest BCUT2D eigenvalue weighted by Crippen LogP contribution is -2.50. The van der Waals surface area contributed by atoms with E-state index in [4.69, 9.17) is 9.47 Å². The van der Waals surface area contributed by atoms with Crippen LogP contribution in [0.5, 0.6) is 11.5 Å². The molecule has 28 heavy (non-hydrogen) atoms. The lowest BCUT2D eigenvalue weighted by Gasteiger charge is -2.31. The molecule has 1 atom stereocenters. The predicted octanol–water partition coefficient (Wildman–Crippen LogP) is 2.28. The van der Waals surface area contributed by atoms with Gasteiger partial charge in [0.1, 0.15) is 6.10 Å². The fourth-order valence-corrected chi connectivity index (χ4v) is 3.68. The minimum atomic E-state index is -0.333. The van der Waals surface area contributed by atoms with Crippen molar-refractivity contribution in [1.29, 1.82) is 0 Å². The zero-order valence-corrected chi connectivity index (χ0v) is 17.7. The van der Waals surface area contributed by atoms with Crippen molar-refractivity contribution in [2.45, 2.75) is 38.7 Å². The fraction of sp³-hybridized carbons (Fsp3) is 0.619. The third kappa shape index (κ3) is 5.53. The molecule has 1 unspecified atom stereocenters. The van der Waals surface area contributed by atoms with Crippen LogP contribution in [0.3, 0.4) is 0 Å². The van der Waals surface area contributed by atoms with Gasteiger partial charge in [0.25, 0.3) is 0 Å². The summed E-state index contributed by atoms with van der Waals surface area (Å²) in [5.41, 5.74) is -0.333. The Morgan fingerprint density at radius 3 is 2.43 bits per heavy atom. The summed E-state index contributed by atoms with van der Waals surface area (Å²) in [5, 5.41) is 6.63. The van der Waals surface area contributed by atoms with Gasteiger partial charge in [-0.25, -0.2) is 0 Å². The van der Waals surface area contributed by atoms with Crippen molar-refractivity contribution >= 4 is 11.9 Å². The smallest absolute Gasteiger partial charge is 0.230 e. The fourth-order valence-electron chi connectivity index (χ4n) is 3.68. The van der Waals surface area contributed by atoms with E-state index in [1.165, 1.54) is 0 Å². The molecule has 7 nitrogen and oxygen atoms in total. The first-order valence-corrected chi connectivity index (χ1v) is 9.88. The molecule has 156 valence electrons. The SMILES string of the molecule is CN=C(NCC(C)Oc1ccccc1OC)NCC1(C(=O)N(C)C)CCCC1. The summed E-state index contributed by atoms with van der Waals surface area (Å²) >= 11 is 0. The van der Waals surface area contributed by atoms with Gasteiger partial charge in [-0.1, -0.05) is 25.0 Å². The Kier molecular flexibility index (Phi) is 7.96. The highest BCUT2D eigenvalue weighted by molar-refractivity contribution is 5.85. The molecule has 7 heteroatoms. The van der Waals surface area contributed by atoms with E-state index in [-0.39, 0.29) is 17.4 Å². The van der Waals surface area contributed by atoms with Gasteiger partial charge >= 0.3 is 0 Å². The monoisotopic (exact) mass is 390 g/mol. The highest BCUT2D eigenvalue weighted by atomic mass is 16.5. The number of amides is 1. The van der Waals surface area contributed by atoms with E-state index >= 15 is 0 Å². The van der Waals surface area contributed by atoms with Crippen LogP contribution in [0, 0.1) is 5.41 Å². The van der Waals surface area contributed by atoms with Crippen LogP contribution in [0.1, 0.15) is 32.6 Å². The van der Waals surface area contributed by atoms with Crippen molar-refractivity contribution in [2.75, 3.05) is 41.3 Å². The third-order valence-corrected chi connectivity index (χ3v) is 5.19. The molecule has 1 aromatic rings. The summed E-state index contributed by atoms with van der Waals surface area (Å²) < 4.78 is 11.3. The molecule has 1 aliphatic rings. The second kappa shape index (κ2) is 10.2. The molecule has 0 radical (unpaired) electrons. The molecular weight excluding hydrogens is 356 g/mol. The lowest BCUT2D eigenvalue weighted by atomic mass is 9.84. The molecule has 2 rings (SSSR count). The molecule has 1 amide bonds. The van der Waals surface area contributed by atoms with Crippen molar-refractivity contribution in [3.63, 3.8) is 0 Å². The number of aliphatic imine (C=N–C) groups is 1. The number of rotatable bonds is 8. The largest absolute Gasteiger partial charge is 0.493 e. The maximum Gasteiger partial charge on any atom is 0.230 e. The van der Waals surface area contributed by atoms with Gasteiger partial charge in [-0.15, -0.1) is 0 Å². The maximum atomic E-state index is 12.7. The van der Waals surface area contributed by atoms with Gasteiger partial charge in [0.15, 0.2) is 17.5 Å². The van der Waals surface area contributed by atoms with E-state index in [1.807, 2.05) is 45.3 Å². The normalized spacial score (nSPS) is 17.0. The topological polar surface area (TPSA) is 75.2 Å².